The Balaban J connectivity index is 1.29. The molecule has 18 nitrogen and oxygen atoms in total. The predicted molar refractivity (Wildman–Crippen MR) is 214 cm³/mol. The van der Waals surface area contributed by atoms with E-state index in [2.05, 4.69) is 0 Å². The Morgan fingerprint density at radius 3 is 1.37 bits per heavy atom. The number of aliphatic hydroxyl groups excluding tert-OH is 3. The standard InChI is InChI=1S/C45H38O18/c46-18-10-27(54)33-31(11-18)61-43(16-2-5-21(48)25(52)8-16)40(59)37(33)34-29(56)14-32-36(39(34)58)38(41(60)44(62-32)17-3-6-22(49)26(53)9-17)35-28(55)13-23(50)19-12-30(57)42(63-45(19)35)15-1-4-20(47)24(51)7-15/h1-11,13-14,30,37-38,40-44,46-60H,12H2/t30-,37-,38-,40-,41-,42-,43-,44-/m1/s1. The van der Waals surface area contributed by atoms with Crippen LogP contribution in [0.25, 0.3) is 0 Å². The van der Waals surface area contributed by atoms with Gasteiger partial charge in [-0.2, -0.15) is 0 Å². The molecular formula is C45H38O18. The molecule has 0 aromatic heterocycles. The summed E-state index contributed by atoms with van der Waals surface area (Å²) in [6, 6.07) is 14.6. The molecule has 0 bridgehead atoms. The second-order valence-electron chi connectivity index (χ2n) is 15.7. The highest BCUT2D eigenvalue weighted by atomic mass is 16.5. The van der Waals surface area contributed by atoms with Crippen LogP contribution in [0.4, 0.5) is 0 Å². The minimum absolute atomic E-state index is 0.0518. The number of phenols is 12. The molecule has 0 aliphatic carbocycles. The van der Waals surface area contributed by atoms with Crippen molar-refractivity contribution in [1.82, 2.24) is 0 Å². The van der Waals surface area contributed by atoms with E-state index in [4.69, 9.17) is 14.2 Å². The van der Waals surface area contributed by atoms with Crippen LogP contribution in [-0.4, -0.2) is 94.9 Å². The molecule has 6 aromatic rings. The highest BCUT2D eigenvalue weighted by Crippen LogP contribution is 2.61. The van der Waals surface area contributed by atoms with Gasteiger partial charge in [-0.15, -0.1) is 0 Å². The first-order valence-electron chi connectivity index (χ1n) is 19.3. The lowest BCUT2D eigenvalue weighted by molar-refractivity contribution is -0.000173. The van der Waals surface area contributed by atoms with Crippen molar-refractivity contribution in [3.05, 3.63) is 123 Å². The largest absolute Gasteiger partial charge is 0.508 e. The SMILES string of the molecule is Oc1cc(O)c2c(c1)O[C@H](c1ccc(O)c(O)c1)[C@H](O)[C@H]2c1c(O)cc2c(c1O)[C@@H](c1c(O)cc(O)c3c1O[C@H](c1ccc(O)c(O)c1)[C@H](O)C3)[C@@H](O)[C@@H](c1ccc(O)c(O)c1)O2. The van der Waals surface area contributed by atoms with Crippen LogP contribution in [-0.2, 0) is 6.42 Å². The number of benzene rings is 6. The number of hydrogen-bond acceptors (Lipinski definition) is 18. The van der Waals surface area contributed by atoms with Crippen LogP contribution in [0, 0.1) is 0 Å². The molecule has 3 aliphatic heterocycles. The van der Waals surface area contributed by atoms with Gasteiger partial charge in [0.15, 0.2) is 46.7 Å². The summed E-state index contributed by atoms with van der Waals surface area (Å²) in [6.45, 7) is 0. The van der Waals surface area contributed by atoms with Gasteiger partial charge in [-0.05, 0) is 53.1 Å². The molecule has 0 fully saturated rings. The van der Waals surface area contributed by atoms with E-state index >= 15 is 0 Å². The Hall–Kier alpha value is -7.80. The molecule has 3 heterocycles. The first kappa shape index (κ1) is 40.6. The molecule has 15 N–H and O–H groups in total. The van der Waals surface area contributed by atoms with Crippen LogP contribution in [0.1, 0.15) is 74.7 Å². The zero-order chi connectivity index (χ0) is 44.9. The molecule has 3 aliphatic rings. The van der Waals surface area contributed by atoms with Crippen LogP contribution in [0.15, 0.2) is 78.9 Å². The lowest BCUT2D eigenvalue weighted by Crippen LogP contribution is -2.38. The molecule has 0 amide bonds. The molecule has 326 valence electrons. The Morgan fingerprint density at radius 2 is 0.841 bits per heavy atom. The molecule has 9 rings (SSSR count). The number of aromatic hydroxyl groups is 12. The van der Waals surface area contributed by atoms with Gasteiger partial charge in [0.25, 0.3) is 0 Å². The van der Waals surface area contributed by atoms with Crippen LogP contribution in [0.2, 0.25) is 0 Å². The predicted octanol–water partition coefficient (Wildman–Crippen LogP) is 4.44. The number of aliphatic hydroxyl groups is 3. The molecule has 0 saturated heterocycles. The van der Waals surface area contributed by atoms with E-state index in [1.54, 1.807) is 0 Å². The zero-order valence-electron chi connectivity index (χ0n) is 32.3. The number of fused-ring (bicyclic) bond motifs is 3. The van der Waals surface area contributed by atoms with Gasteiger partial charge in [0.2, 0.25) is 0 Å². The third-order valence-corrected chi connectivity index (χ3v) is 11.8. The molecule has 0 unspecified atom stereocenters. The molecule has 8 atom stereocenters. The number of phenolic OH excluding ortho intramolecular Hbond substituents is 12. The van der Waals surface area contributed by atoms with Gasteiger partial charge >= 0.3 is 0 Å². The van der Waals surface area contributed by atoms with Gasteiger partial charge in [0, 0.05) is 58.5 Å². The Kier molecular flexibility index (Phi) is 9.46. The summed E-state index contributed by atoms with van der Waals surface area (Å²) in [5.41, 5.74) is -1.20. The Morgan fingerprint density at radius 1 is 0.381 bits per heavy atom. The normalized spacial score (nSPS) is 23.6. The van der Waals surface area contributed by atoms with Crippen LogP contribution in [0.5, 0.6) is 86.2 Å². The van der Waals surface area contributed by atoms with Crippen LogP contribution >= 0.6 is 0 Å². The van der Waals surface area contributed by atoms with E-state index < -0.39 is 123 Å². The average Bonchev–Trinajstić information content (AvgIpc) is 3.22. The van der Waals surface area contributed by atoms with Crippen molar-refractivity contribution in [3.8, 4) is 86.2 Å². The van der Waals surface area contributed by atoms with Crippen molar-refractivity contribution < 1.29 is 90.8 Å². The van der Waals surface area contributed by atoms with E-state index in [0.29, 0.717) is 0 Å². The number of ether oxygens (including phenoxy) is 3. The average molecular weight is 867 g/mol. The molecule has 6 aromatic carbocycles. The second-order valence-corrected chi connectivity index (χ2v) is 15.7. The summed E-state index contributed by atoms with van der Waals surface area (Å²) in [7, 11) is 0. The van der Waals surface area contributed by atoms with E-state index in [1.807, 2.05) is 0 Å². The summed E-state index contributed by atoms with van der Waals surface area (Å²) in [5, 5.41) is 166. The Labute approximate surface area is 354 Å². The lowest BCUT2D eigenvalue weighted by atomic mass is 9.74. The highest BCUT2D eigenvalue weighted by molar-refractivity contribution is 5.70. The second kappa shape index (κ2) is 14.7. The Bertz CT molecular complexity index is 2840. The first-order valence-corrected chi connectivity index (χ1v) is 19.3. The van der Waals surface area contributed by atoms with Gasteiger partial charge in [-0.25, -0.2) is 0 Å². The minimum Gasteiger partial charge on any atom is -0.508 e. The molecule has 0 spiro atoms. The quantitative estimate of drug-likeness (QED) is 0.106. The van der Waals surface area contributed by atoms with Crippen molar-refractivity contribution in [2.45, 2.75) is 54.9 Å². The van der Waals surface area contributed by atoms with E-state index in [1.165, 1.54) is 18.2 Å². The maximum Gasteiger partial charge on any atom is 0.157 e. The summed E-state index contributed by atoms with van der Waals surface area (Å²) in [6.07, 6.45) is -9.81. The van der Waals surface area contributed by atoms with Gasteiger partial charge in [0.1, 0.15) is 70.1 Å². The topological polar surface area (TPSA) is 331 Å². The fourth-order valence-corrected chi connectivity index (χ4v) is 8.93. The van der Waals surface area contributed by atoms with Crippen molar-refractivity contribution >= 4 is 0 Å². The zero-order valence-corrected chi connectivity index (χ0v) is 32.3. The number of rotatable bonds is 5. The summed E-state index contributed by atoms with van der Waals surface area (Å²) in [4.78, 5) is 0. The molecule has 63 heavy (non-hydrogen) atoms. The summed E-state index contributed by atoms with van der Waals surface area (Å²) >= 11 is 0. The van der Waals surface area contributed by atoms with Crippen molar-refractivity contribution in [1.29, 1.82) is 0 Å². The molecule has 0 saturated carbocycles. The minimum atomic E-state index is -1.90. The van der Waals surface area contributed by atoms with Crippen molar-refractivity contribution in [2.75, 3.05) is 0 Å². The maximum atomic E-state index is 12.6. The monoisotopic (exact) mass is 866 g/mol. The third-order valence-electron chi connectivity index (χ3n) is 11.8. The van der Waals surface area contributed by atoms with Crippen LogP contribution in [0.3, 0.4) is 0 Å². The van der Waals surface area contributed by atoms with Gasteiger partial charge in [0.05, 0.1) is 17.9 Å². The fourth-order valence-electron chi connectivity index (χ4n) is 8.93. The fraction of sp³-hybridized carbons (Fsp3) is 0.200. The van der Waals surface area contributed by atoms with E-state index in [9.17, 15) is 76.6 Å². The van der Waals surface area contributed by atoms with Crippen molar-refractivity contribution in [2.24, 2.45) is 0 Å². The molecule has 18 heteroatoms. The summed E-state index contributed by atoms with van der Waals surface area (Å²) in [5.74, 6) is -11.5. The van der Waals surface area contributed by atoms with E-state index in [0.717, 1.165) is 60.7 Å². The maximum absolute atomic E-state index is 12.6. The smallest absolute Gasteiger partial charge is 0.157 e. The van der Waals surface area contributed by atoms with Gasteiger partial charge in [-0.3, -0.25) is 0 Å². The third kappa shape index (κ3) is 6.46. The highest BCUT2D eigenvalue weighted by Gasteiger charge is 2.50. The molecule has 0 radical (unpaired) electrons. The van der Waals surface area contributed by atoms with Gasteiger partial charge < -0.3 is 90.8 Å². The summed E-state index contributed by atoms with van der Waals surface area (Å²) < 4.78 is 18.6. The first-order chi connectivity index (χ1) is 29.9. The van der Waals surface area contributed by atoms with Crippen LogP contribution < -0.4 is 14.2 Å². The van der Waals surface area contributed by atoms with Gasteiger partial charge in [-0.1, -0.05) is 18.2 Å². The van der Waals surface area contributed by atoms with Crippen molar-refractivity contribution in [3.63, 3.8) is 0 Å². The number of hydrogen-bond donors (Lipinski definition) is 15. The lowest BCUT2D eigenvalue weighted by Gasteiger charge is -2.42. The van der Waals surface area contributed by atoms with E-state index in [-0.39, 0.29) is 62.6 Å². The molecular weight excluding hydrogens is 828 g/mol.